The van der Waals surface area contributed by atoms with Crippen molar-refractivity contribution in [1.29, 1.82) is 0 Å². The summed E-state index contributed by atoms with van der Waals surface area (Å²) in [6, 6.07) is 21.4. The minimum Gasteiger partial charge on any atom is -0.325 e. The summed E-state index contributed by atoms with van der Waals surface area (Å²) < 4.78 is 0.922. The average Bonchev–Trinajstić information content (AvgIpc) is 2.78. The van der Waals surface area contributed by atoms with Crippen LogP contribution in [-0.4, -0.2) is 27.9 Å². The van der Waals surface area contributed by atoms with Crippen LogP contribution in [0.15, 0.2) is 81.4 Å². The van der Waals surface area contributed by atoms with Crippen LogP contribution in [0.2, 0.25) is 0 Å². The highest BCUT2D eigenvalue weighted by Gasteiger charge is 2.30. The van der Waals surface area contributed by atoms with Crippen molar-refractivity contribution in [2.24, 2.45) is 10.2 Å². The lowest BCUT2D eigenvalue weighted by Gasteiger charge is -2.21. The number of hydrogen-bond acceptors (Lipinski definition) is 5. The zero-order valence-electron chi connectivity index (χ0n) is 16.6. The number of nitrogens with one attached hydrogen (secondary N) is 2. The van der Waals surface area contributed by atoms with Crippen molar-refractivity contribution in [3.05, 3.63) is 76.8 Å². The molecule has 0 aromatic heterocycles. The predicted octanol–water partition coefficient (Wildman–Crippen LogP) is 4.94. The largest absolute Gasteiger partial charge is 0.325 e. The van der Waals surface area contributed by atoms with Gasteiger partial charge >= 0.3 is 0 Å². The van der Waals surface area contributed by atoms with Gasteiger partial charge in [-0.1, -0.05) is 64.1 Å². The van der Waals surface area contributed by atoms with Gasteiger partial charge in [-0.3, -0.25) is 9.59 Å². The summed E-state index contributed by atoms with van der Waals surface area (Å²) in [5.74, 6) is -0.503. The van der Waals surface area contributed by atoms with Crippen LogP contribution in [0.4, 0.5) is 5.69 Å². The summed E-state index contributed by atoms with van der Waals surface area (Å²) in [4.78, 5) is 24.7. The Morgan fingerprint density at radius 1 is 1.10 bits per heavy atom. The van der Waals surface area contributed by atoms with Crippen LogP contribution in [0.1, 0.15) is 18.9 Å². The number of carbonyl (C=O) groups is 2. The van der Waals surface area contributed by atoms with Crippen molar-refractivity contribution >= 4 is 66.8 Å². The Bertz CT molecular complexity index is 1210. The molecule has 1 saturated heterocycles. The fourth-order valence-electron chi connectivity index (χ4n) is 3.09. The molecule has 156 valence electrons. The highest BCUT2D eigenvalue weighted by molar-refractivity contribution is 9.10. The highest BCUT2D eigenvalue weighted by atomic mass is 79.9. The van der Waals surface area contributed by atoms with Gasteiger partial charge in [0, 0.05) is 16.6 Å². The van der Waals surface area contributed by atoms with E-state index < -0.39 is 5.25 Å². The van der Waals surface area contributed by atoms with Gasteiger partial charge in [0.15, 0.2) is 5.17 Å². The van der Waals surface area contributed by atoms with Gasteiger partial charge in [0.2, 0.25) is 11.8 Å². The maximum absolute atomic E-state index is 12.6. The lowest BCUT2D eigenvalue weighted by atomic mass is 10.0. The van der Waals surface area contributed by atoms with Gasteiger partial charge < -0.3 is 10.6 Å². The molecule has 2 N–H and O–H groups in total. The number of halogens is 1. The Morgan fingerprint density at radius 3 is 2.61 bits per heavy atom. The topological polar surface area (TPSA) is 82.9 Å². The third-order valence-corrected chi connectivity index (χ3v) is 6.33. The predicted molar refractivity (Wildman–Crippen MR) is 131 cm³/mol. The standard InChI is InChI=1S/C23H19BrN4O2S/c1-14(16-7-6-15-4-2-3-5-17(15)12-16)27-28-23-26-21(29)13-20(31-23)22(30)25-19-10-8-18(24)9-11-19/h2-12,20H,13H2,1H3,(H,25,30)(H,26,28,29)/b27-14+. The van der Waals surface area contributed by atoms with E-state index in [0.717, 1.165) is 26.5 Å². The zero-order chi connectivity index (χ0) is 21.8. The number of amides is 2. The van der Waals surface area contributed by atoms with Crippen LogP contribution in [0, 0.1) is 0 Å². The van der Waals surface area contributed by atoms with Crippen LogP contribution in [0.3, 0.4) is 0 Å². The second-order valence-electron chi connectivity index (χ2n) is 7.01. The lowest BCUT2D eigenvalue weighted by Crippen LogP contribution is -2.41. The van der Waals surface area contributed by atoms with Crippen molar-refractivity contribution in [3.8, 4) is 0 Å². The van der Waals surface area contributed by atoms with E-state index in [0.29, 0.717) is 10.9 Å². The second-order valence-corrected chi connectivity index (χ2v) is 9.11. The Morgan fingerprint density at radius 2 is 1.84 bits per heavy atom. The first kappa shape index (κ1) is 21.3. The molecule has 0 saturated carbocycles. The number of nitrogens with zero attached hydrogens (tertiary/aromatic N) is 2. The average molecular weight is 495 g/mol. The Hall–Kier alpha value is -2.97. The van der Waals surface area contributed by atoms with E-state index in [-0.39, 0.29) is 18.2 Å². The summed E-state index contributed by atoms with van der Waals surface area (Å²) in [5, 5.41) is 16.0. The molecule has 1 unspecified atom stereocenters. The van der Waals surface area contributed by atoms with Crippen LogP contribution >= 0.6 is 27.7 Å². The van der Waals surface area contributed by atoms with Crippen LogP contribution in [-0.2, 0) is 9.59 Å². The summed E-state index contributed by atoms with van der Waals surface area (Å²) in [6.07, 6.45) is 0.0828. The molecule has 1 aliphatic rings. The Balaban J connectivity index is 1.48. The van der Waals surface area contributed by atoms with E-state index in [1.54, 1.807) is 12.1 Å². The maximum atomic E-state index is 12.6. The molecule has 0 spiro atoms. The molecule has 3 aromatic carbocycles. The number of thioether (sulfide) groups is 1. The van der Waals surface area contributed by atoms with Crippen molar-refractivity contribution in [2.75, 3.05) is 5.32 Å². The van der Waals surface area contributed by atoms with E-state index >= 15 is 0 Å². The molecule has 1 aliphatic heterocycles. The molecule has 1 fully saturated rings. The number of fused-ring (bicyclic) bond motifs is 1. The van der Waals surface area contributed by atoms with Gasteiger partial charge in [0.05, 0.1) is 5.71 Å². The second kappa shape index (κ2) is 9.45. The van der Waals surface area contributed by atoms with Crippen LogP contribution in [0.25, 0.3) is 10.8 Å². The fourth-order valence-corrected chi connectivity index (χ4v) is 4.28. The normalized spacial score (nSPS) is 18.1. The third kappa shape index (κ3) is 5.39. The maximum Gasteiger partial charge on any atom is 0.238 e. The van der Waals surface area contributed by atoms with Crippen LogP contribution in [0.5, 0.6) is 0 Å². The molecule has 0 aliphatic carbocycles. The molecular formula is C23H19BrN4O2S. The number of benzene rings is 3. The molecule has 31 heavy (non-hydrogen) atoms. The van der Waals surface area contributed by atoms with Crippen molar-refractivity contribution in [3.63, 3.8) is 0 Å². The number of hydrogen-bond donors (Lipinski definition) is 2. The first-order valence-electron chi connectivity index (χ1n) is 9.62. The molecule has 0 radical (unpaired) electrons. The summed E-state index contributed by atoms with van der Waals surface area (Å²) >= 11 is 4.56. The van der Waals surface area contributed by atoms with E-state index in [2.05, 4.69) is 48.9 Å². The number of amidine groups is 1. The van der Waals surface area contributed by atoms with E-state index in [9.17, 15) is 9.59 Å². The van der Waals surface area contributed by atoms with Gasteiger partial charge in [-0.05, 0) is 53.6 Å². The van der Waals surface area contributed by atoms with E-state index in [1.165, 1.54) is 11.8 Å². The Kier molecular flexibility index (Phi) is 6.48. The van der Waals surface area contributed by atoms with Gasteiger partial charge in [-0.2, -0.15) is 5.10 Å². The van der Waals surface area contributed by atoms with Gasteiger partial charge in [0.1, 0.15) is 5.25 Å². The minimum absolute atomic E-state index is 0.0828. The first-order valence-corrected chi connectivity index (χ1v) is 11.3. The quantitative estimate of drug-likeness (QED) is 0.397. The molecule has 8 heteroatoms. The summed E-state index contributed by atoms with van der Waals surface area (Å²) in [7, 11) is 0. The first-order chi connectivity index (χ1) is 15.0. The molecule has 3 aromatic rings. The monoisotopic (exact) mass is 494 g/mol. The van der Waals surface area contributed by atoms with Crippen molar-refractivity contribution in [1.82, 2.24) is 5.32 Å². The van der Waals surface area contributed by atoms with Crippen molar-refractivity contribution in [2.45, 2.75) is 18.6 Å². The van der Waals surface area contributed by atoms with Crippen molar-refractivity contribution < 1.29 is 9.59 Å². The Labute approximate surface area is 192 Å². The van der Waals surface area contributed by atoms with E-state index in [4.69, 9.17) is 0 Å². The fraction of sp³-hybridized carbons (Fsp3) is 0.130. The third-order valence-electron chi connectivity index (χ3n) is 4.73. The molecular weight excluding hydrogens is 476 g/mol. The number of carbonyl (C=O) groups excluding carboxylic acids is 2. The summed E-state index contributed by atoms with van der Waals surface area (Å²) in [6.45, 7) is 1.86. The molecule has 1 atom stereocenters. The molecule has 4 rings (SSSR count). The summed E-state index contributed by atoms with van der Waals surface area (Å²) in [5.41, 5.74) is 2.33. The SMILES string of the molecule is C/C(=N\N=C1/NC(=O)CC(C(=O)Nc2ccc(Br)cc2)S1)c1ccc2ccccc2c1. The number of rotatable bonds is 4. The molecule has 6 nitrogen and oxygen atoms in total. The zero-order valence-corrected chi connectivity index (χ0v) is 19.0. The molecule has 0 bridgehead atoms. The minimum atomic E-state index is -0.577. The van der Waals surface area contributed by atoms with E-state index in [1.807, 2.05) is 49.4 Å². The van der Waals surface area contributed by atoms with Gasteiger partial charge in [-0.25, -0.2) is 0 Å². The molecule has 1 heterocycles. The molecule has 2 amide bonds. The number of anilines is 1. The van der Waals surface area contributed by atoms with Gasteiger partial charge in [-0.15, -0.1) is 5.10 Å². The highest BCUT2D eigenvalue weighted by Crippen LogP contribution is 2.23. The van der Waals surface area contributed by atoms with Gasteiger partial charge in [0.25, 0.3) is 0 Å². The van der Waals surface area contributed by atoms with Crippen LogP contribution < -0.4 is 10.6 Å². The lowest BCUT2D eigenvalue weighted by molar-refractivity contribution is -0.123. The smallest absolute Gasteiger partial charge is 0.238 e.